The monoisotopic (exact) mass is 467 g/mol. The molecule has 0 fully saturated rings. The third kappa shape index (κ3) is 3.99. The maximum Gasteiger partial charge on any atom is 0.343 e. The van der Waals surface area contributed by atoms with Gasteiger partial charge in [0.2, 0.25) is 0 Å². The second-order valence-corrected chi connectivity index (χ2v) is 9.38. The van der Waals surface area contributed by atoms with Crippen molar-refractivity contribution in [2.45, 2.75) is 26.1 Å². The first kappa shape index (κ1) is 21.0. The number of amides is 1. The summed E-state index contributed by atoms with van der Waals surface area (Å²) in [5.74, 6) is -0.0550. The first-order valence-electron chi connectivity index (χ1n) is 10.5. The molecule has 1 aromatic heterocycles. The number of nitrogens with one attached hydrogen (secondary N) is 2. The summed E-state index contributed by atoms with van der Waals surface area (Å²) in [6, 6.07) is 13.7. The molecule has 6 nitrogen and oxygen atoms in total. The van der Waals surface area contributed by atoms with Gasteiger partial charge in [0.1, 0.15) is 16.9 Å². The average Bonchev–Trinajstić information content (AvgIpc) is 3.18. The normalized spacial score (nSPS) is 17.7. The van der Waals surface area contributed by atoms with Gasteiger partial charge in [-0.05, 0) is 60.5 Å². The van der Waals surface area contributed by atoms with Gasteiger partial charge in [0.05, 0.1) is 11.1 Å². The zero-order valence-electron chi connectivity index (χ0n) is 17.5. The highest BCUT2D eigenvalue weighted by molar-refractivity contribution is 7.16. The molecule has 0 saturated carbocycles. The predicted octanol–water partition coefficient (Wildman–Crippen LogP) is 4.85. The van der Waals surface area contributed by atoms with E-state index < -0.39 is 5.97 Å². The van der Waals surface area contributed by atoms with Gasteiger partial charge in [-0.3, -0.25) is 9.69 Å². The number of benzene rings is 2. The minimum absolute atomic E-state index is 0.0376. The van der Waals surface area contributed by atoms with Crippen LogP contribution in [0, 0.1) is 0 Å². The Balaban J connectivity index is 1.30. The lowest BCUT2D eigenvalue weighted by Gasteiger charge is -2.28. The van der Waals surface area contributed by atoms with Crippen molar-refractivity contribution in [3.05, 3.63) is 80.7 Å². The molecule has 0 saturated heterocycles. The molecule has 0 bridgehead atoms. The van der Waals surface area contributed by atoms with Crippen molar-refractivity contribution in [1.82, 2.24) is 10.2 Å². The SMILES string of the molecule is CCN1CCc2c(sc3c2C(=O)NC(c2ccc(OC(=O)c4ccc(Cl)cc4)cc2)N3)C1. The van der Waals surface area contributed by atoms with Crippen molar-refractivity contribution >= 4 is 39.8 Å². The molecule has 8 heteroatoms. The van der Waals surface area contributed by atoms with Gasteiger partial charge in [0, 0.05) is 23.0 Å². The van der Waals surface area contributed by atoms with E-state index >= 15 is 0 Å². The van der Waals surface area contributed by atoms with Gasteiger partial charge in [-0.15, -0.1) is 11.3 Å². The molecule has 5 rings (SSSR count). The Bertz CT molecular complexity index is 1170. The van der Waals surface area contributed by atoms with Gasteiger partial charge in [-0.25, -0.2) is 4.79 Å². The molecule has 2 N–H and O–H groups in total. The highest BCUT2D eigenvalue weighted by Crippen LogP contribution is 2.40. The molecule has 32 heavy (non-hydrogen) atoms. The number of esters is 1. The Morgan fingerprint density at radius 2 is 1.91 bits per heavy atom. The second-order valence-electron chi connectivity index (χ2n) is 7.84. The van der Waals surface area contributed by atoms with E-state index in [9.17, 15) is 9.59 Å². The molecule has 164 valence electrons. The van der Waals surface area contributed by atoms with Gasteiger partial charge in [-0.1, -0.05) is 30.7 Å². The fraction of sp³-hybridized carbons (Fsp3) is 0.250. The lowest BCUT2D eigenvalue weighted by atomic mass is 10.0. The summed E-state index contributed by atoms with van der Waals surface area (Å²) in [6.07, 6.45) is 0.570. The molecule has 1 unspecified atom stereocenters. The molecule has 2 aliphatic rings. The highest BCUT2D eigenvalue weighted by Gasteiger charge is 2.33. The number of halogens is 1. The van der Waals surface area contributed by atoms with Crippen LogP contribution in [0.3, 0.4) is 0 Å². The molecule has 3 aromatic rings. The lowest BCUT2D eigenvalue weighted by molar-refractivity contribution is 0.0734. The number of nitrogens with zero attached hydrogens (tertiary/aromatic N) is 1. The first-order valence-corrected chi connectivity index (χ1v) is 11.7. The van der Waals surface area contributed by atoms with Gasteiger partial charge < -0.3 is 15.4 Å². The number of rotatable bonds is 4. The van der Waals surface area contributed by atoms with Crippen LogP contribution in [0.25, 0.3) is 0 Å². The molecule has 1 amide bonds. The van der Waals surface area contributed by atoms with Crippen molar-refractivity contribution < 1.29 is 14.3 Å². The topological polar surface area (TPSA) is 70.7 Å². The predicted molar refractivity (Wildman–Crippen MR) is 126 cm³/mol. The fourth-order valence-electron chi connectivity index (χ4n) is 4.09. The van der Waals surface area contributed by atoms with Crippen LogP contribution in [0.1, 0.15) is 49.8 Å². The molecule has 0 radical (unpaired) electrons. The maximum atomic E-state index is 12.9. The first-order chi connectivity index (χ1) is 15.5. The summed E-state index contributed by atoms with van der Waals surface area (Å²) < 4.78 is 5.44. The smallest absolute Gasteiger partial charge is 0.343 e. The zero-order chi connectivity index (χ0) is 22.2. The standard InChI is InChI=1S/C24H22ClN3O3S/c1-2-28-12-11-18-19(13-28)32-23-20(18)22(29)26-21(27-23)14-5-9-17(10-6-14)31-24(30)15-3-7-16(25)8-4-15/h3-10,21,27H,2,11-13H2,1H3,(H,26,29). The Morgan fingerprint density at radius 1 is 1.16 bits per heavy atom. The number of carbonyl (C=O) groups excluding carboxylic acids is 2. The molecule has 0 aliphatic carbocycles. The summed E-state index contributed by atoms with van der Waals surface area (Å²) in [4.78, 5) is 28.9. The van der Waals surface area contributed by atoms with E-state index in [-0.39, 0.29) is 12.1 Å². The number of anilines is 1. The van der Waals surface area contributed by atoms with Crippen molar-refractivity contribution in [2.24, 2.45) is 0 Å². The average molecular weight is 468 g/mol. The maximum absolute atomic E-state index is 12.9. The minimum atomic E-state index is -0.451. The van der Waals surface area contributed by atoms with E-state index in [0.717, 1.165) is 42.2 Å². The fourth-order valence-corrected chi connectivity index (χ4v) is 5.53. The Labute approximate surface area is 195 Å². The van der Waals surface area contributed by atoms with E-state index in [4.69, 9.17) is 16.3 Å². The van der Waals surface area contributed by atoms with E-state index in [1.54, 1.807) is 47.7 Å². The van der Waals surface area contributed by atoms with Crippen LogP contribution >= 0.6 is 22.9 Å². The number of likely N-dealkylation sites (N-methyl/N-ethyl adjacent to an activating group) is 1. The van der Waals surface area contributed by atoms with Crippen molar-refractivity contribution in [2.75, 3.05) is 18.4 Å². The highest BCUT2D eigenvalue weighted by atomic mass is 35.5. The molecule has 1 atom stereocenters. The van der Waals surface area contributed by atoms with E-state index in [1.165, 1.54) is 10.4 Å². The molecule has 2 aliphatic heterocycles. The summed E-state index contributed by atoms with van der Waals surface area (Å²) in [7, 11) is 0. The van der Waals surface area contributed by atoms with Crippen LogP contribution in [0.2, 0.25) is 5.02 Å². The molecule has 2 aromatic carbocycles. The largest absolute Gasteiger partial charge is 0.423 e. The zero-order valence-corrected chi connectivity index (χ0v) is 19.1. The van der Waals surface area contributed by atoms with Gasteiger partial charge >= 0.3 is 5.97 Å². The quantitative estimate of drug-likeness (QED) is 0.424. The van der Waals surface area contributed by atoms with Crippen LogP contribution in [0.15, 0.2) is 48.5 Å². The van der Waals surface area contributed by atoms with E-state index in [2.05, 4.69) is 22.5 Å². The molecule has 3 heterocycles. The van der Waals surface area contributed by atoms with Gasteiger partial charge in [0.25, 0.3) is 5.91 Å². The molecular formula is C24H22ClN3O3S. The minimum Gasteiger partial charge on any atom is -0.423 e. The van der Waals surface area contributed by atoms with Crippen LogP contribution in [-0.4, -0.2) is 29.9 Å². The number of hydrogen-bond acceptors (Lipinski definition) is 6. The number of carbonyl (C=O) groups is 2. The lowest BCUT2D eigenvalue weighted by Crippen LogP contribution is -2.38. The van der Waals surface area contributed by atoms with Crippen LogP contribution in [-0.2, 0) is 13.0 Å². The third-order valence-electron chi connectivity index (χ3n) is 5.86. The van der Waals surface area contributed by atoms with Gasteiger partial charge in [0.15, 0.2) is 0 Å². The number of fused-ring (bicyclic) bond motifs is 3. The van der Waals surface area contributed by atoms with Gasteiger partial charge in [-0.2, -0.15) is 0 Å². The Kier molecular flexibility index (Phi) is 5.63. The van der Waals surface area contributed by atoms with E-state index in [1.807, 2.05) is 12.1 Å². The summed E-state index contributed by atoms with van der Waals surface area (Å²) in [6.45, 7) is 5.06. The second kappa shape index (κ2) is 8.58. The third-order valence-corrected chi connectivity index (χ3v) is 7.26. The van der Waals surface area contributed by atoms with Crippen LogP contribution in [0.5, 0.6) is 5.75 Å². The number of ether oxygens (including phenoxy) is 1. The van der Waals surface area contributed by atoms with Crippen LogP contribution < -0.4 is 15.4 Å². The summed E-state index contributed by atoms with van der Waals surface area (Å²) >= 11 is 7.54. The number of hydrogen-bond donors (Lipinski definition) is 2. The van der Waals surface area contributed by atoms with Crippen molar-refractivity contribution in [3.63, 3.8) is 0 Å². The molecule has 0 spiro atoms. The summed E-state index contributed by atoms with van der Waals surface area (Å²) in [5, 5.41) is 8.03. The molecular weight excluding hydrogens is 446 g/mol. The summed E-state index contributed by atoms with van der Waals surface area (Å²) in [5.41, 5.74) is 3.29. The Hall–Kier alpha value is -2.87. The van der Waals surface area contributed by atoms with E-state index in [0.29, 0.717) is 16.3 Å². The van der Waals surface area contributed by atoms with Crippen molar-refractivity contribution in [3.8, 4) is 5.75 Å². The Morgan fingerprint density at radius 3 is 2.62 bits per heavy atom. The van der Waals surface area contributed by atoms with Crippen molar-refractivity contribution in [1.29, 1.82) is 0 Å². The number of thiophene rings is 1. The van der Waals surface area contributed by atoms with Crippen LogP contribution in [0.4, 0.5) is 5.00 Å².